The van der Waals surface area contributed by atoms with Gasteiger partial charge >= 0.3 is 0 Å². The normalized spacial score (nSPS) is 11.4. The van der Waals surface area contributed by atoms with Crippen LogP contribution in [0.1, 0.15) is 78.2 Å². The van der Waals surface area contributed by atoms with Crippen LogP contribution in [0, 0.1) is 5.92 Å². The summed E-state index contributed by atoms with van der Waals surface area (Å²) < 4.78 is 3.81. The smallest absolute Gasteiger partial charge is 0.211 e. The van der Waals surface area contributed by atoms with Crippen LogP contribution >= 0.6 is 86.7 Å². The number of carbonyl (C=O) groups excluding carboxylic acids is 4. The molecule has 0 unspecified atom stereocenters. The second-order valence-corrected chi connectivity index (χ2v) is 18.1. The van der Waals surface area contributed by atoms with E-state index in [1.54, 1.807) is 30.5 Å². The lowest BCUT2D eigenvalue weighted by molar-refractivity contribution is 0.0964. The van der Waals surface area contributed by atoms with Gasteiger partial charge in [0.15, 0.2) is 11.6 Å². The number of carbonyl (C=O) groups is 4. The van der Waals surface area contributed by atoms with E-state index in [1.807, 2.05) is 134 Å². The average Bonchev–Trinajstić information content (AvgIpc) is 4.02. The number of hydrogen-bond donors (Lipinski definition) is 0. The van der Waals surface area contributed by atoms with Crippen molar-refractivity contribution in [2.75, 3.05) is 0 Å². The molecule has 0 N–H and O–H groups in total. The molecule has 7 aromatic rings. The lowest BCUT2D eigenvalue weighted by Crippen LogP contribution is -2.03. The van der Waals surface area contributed by atoms with E-state index in [9.17, 15) is 19.2 Å². The summed E-state index contributed by atoms with van der Waals surface area (Å²) in [5, 5.41) is 2.58. The van der Waals surface area contributed by atoms with Crippen molar-refractivity contribution in [1.82, 2.24) is 4.98 Å². The lowest BCUT2D eigenvalue weighted by atomic mass is 10.00. The number of pyridine rings is 1. The fourth-order valence-electron chi connectivity index (χ4n) is 5.45. The summed E-state index contributed by atoms with van der Waals surface area (Å²) in [6.45, 7) is 1.86. The minimum atomic E-state index is -0.0838. The molecule has 59 heavy (non-hydrogen) atoms. The number of benzene rings is 5. The van der Waals surface area contributed by atoms with Crippen molar-refractivity contribution in [3.8, 4) is 11.1 Å². The minimum Gasteiger partial charge on any atom is -0.294 e. The van der Waals surface area contributed by atoms with Crippen LogP contribution in [0.4, 0.5) is 0 Å². The summed E-state index contributed by atoms with van der Waals surface area (Å²) in [5.74, 6) is 0.786. The van der Waals surface area contributed by atoms with Gasteiger partial charge in [-0.25, -0.2) is 0 Å². The molecule has 2 heterocycles. The fraction of sp³-hybridized carbons (Fsp3) is 0.104. The summed E-state index contributed by atoms with van der Waals surface area (Å²) in [7, 11) is 0. The Balaban J connectivity index is 0.000000155. The number of Topliss-reactive ketones (excluding diaryl/α,β-unsaturated/α-hetero) is 2. The van der Waals surface area contributed by atoms with E-state index in [2.05, 4.69) is 68.7 Å². The zero-order valence-electron chi connectivity index (χ0n) is 31.6. The van der Waals surface area contributed by atoms with Crippen LogP contribution in [-0.4, -0.2) is 28.1 Å². The molecular formula is C48H36Br4ClNO4S. The fourth-order valence-corrected chi connectivity index (χ4v) is 8.22. The summed E-state index contributed by atoms with van der Waals surface area (Å²) >= 11 is 20.8. The van der Waals surface area contributed by atoms with Gasteiger partial charge in [0.1, 0.15) is 5.69 Å². The summed E-state index contributed by atoms with van der Waals surface area (Å²) in [6, 6.07) is 44.7. The first-order valence-corrected chi connectivity index (χ1v) is 22.8. The number of thiophene rings is 1. The van der Waals surface area contributed by atoms with Gasteiger partial charge in [0.05, 0.1) is 4.88 Å². The molecule has 8 rings (SSSR count). The van der Waals surface area contributed by atoms with Gasteiger partial charge in [-0.3, -0.25) is 24.2 Å². The number of halogens is 5. The van der Waals surface area contributed by atoms with E-state index in [1.165, 1.54) is 11.3 Å². The maximum atomic E-state index is 12.4. The monoisotopic (exact) mass is 1070 g/mol. The zero-order chi connectivity index (χ0) is 42.3. The summed E-state index contributed by atoms with van der Waals surface area (Å²) in [4.78, 5) is 51.9. The molecule has 1 fully saturated rings. The molecule has 0 atom stereocenters. The third kappa shape index (κ3) is 14.5. The predicted octanol–water partition coefficient (Wildman–Crippen LogP) is 15.2. The minimum absolute atomic E-state index is 0.0620. The Kier molecular flexibility index (Phi) is 17.9. The maximum Gasteiger partial charge on any atom is 0.211 e. The van der Waals surface area contributed by atoms with Crippen molar-refractivity contribution in [2.45, 2.75) is 26.2 Å². The van der Waals surface area contributed by atoms with Crippen LogP contribution in [0.5, 0.6) is 0 Å². The van der Waals surface area contributed by atoms with Gasteiger partial charge in [-0.2, -0.15) is 0 Å². The Morgan fingerprint density at radius 3 is 1.68 bits per heavy atom. The zero-order valence-corrected chi connectivity index (χ0v) is 39.5. The highest BCUT2D eigenvalue weighted by atomic mass is 79.9. The van der Waals surface area contributed by atoms with E-state index in [0.717, 1.165) is 57.9 Å². The quantitative estimate of drug-likeness (QED) is 0.135. The molecular weight excluding hydrogens is 1040 g/mol. The number of aromatic nitrogens is 1. The molecule has 0 saturated heterocycles. The molecule has 5 nitrogen and oxygen atoms in total. The molecule has 1 aliphatic carbocycles. The molecule has 0 aliphatic heterocycles. The van der Waals surface area contributed by atoms with Crippen LogP contribution in [0.2, 0.25) is 5.02 Å². The first kappa shape index (κ1) is 45.9. The number of ketones is 4. The number of nitrogens with zero attached hydrogens (tertiary/aromatic N) is 1. The molecule has 298 valence electrons. The Morgan fingerprint density at radius 1 is 0.593 bits per heavy atom. The first-order chi connectivity index (χ1) is 28.4. The second kappa shape index (κ2) is 23.0. The van der Waals surface area contributed by atoms with E-state index in [-0.39, 0.29) is 17.3 Å². The maximum absolute atomic E-state index is 12.4. The Hall–Kier alpha value is -4.16. The van der Waals surface area contributed by atoms with Crippen molar-refractivity contribution in [3.63, 3.8) is 0 Å². The van der Waals surface area contributed by atoms with Gasteiger partial charge in [-0.1, -0.05) is 139 Å². The van der Waals surface area contributed by atoms with Crippen molar-refractivity contribution in [1.29, 1.82) is 0 Å². The van der Waals surface area contributed by atoms with Crippen LogP contribution in [-0.2, 0) is 0 Å². The van der Waals surface area contributed by atoms with Gasteiger partial charge in [0, 0.05) is 69.1 Å². The van der Waals surface area contributed by atoms with Gasteiger partial charge in [0.2, 0.25) is 11.6 Å². The van der Waals surface area contributed by atoms with E-state index < -0.39 is 0 Å². The van der Waals surface area contributed by atoms with Crippen molar-refractivity contribution in [2.24, 2.45) is 5.92 Å². The molecule has 0 spiro atoms. The summed E-state index contributed by atoms with van der Waals surface area (Å²) in [5.41, 5.74) is 5.33. The average molecular weight is 1080 g/mol. The molecule has 0 bridgehead atoms. The second-order valence-electron chi connectivity index (χ2n) is 13.0. The standard InChI is InChI=1S/C18H12ClNO.C11H6Br2OS.C10H9BrO.C9H9BrO/c19-16-8-4-6-14(12-16)13-5-3-7-15(11-13)18(21)17-9-1-2-10-20-17;12-8-3-1-2-7(4-8)11(14)10-5-9(13)6-15-10;11-9-3-1-2-8(6-9)10(12)7-4-5-7;1-2-9(11)7-4-3-5-8(10)6-7/h1-12H;1-6H;1-3,6-7H,4-5H2;3-6H,2H2,1H3. The third-order valence-electron chi connectivity index (χ3n) is 8.58. The van der Waals surface area contributed by atoms with Crippen LogP contribution in [0.15, 0.2) is 175 Å². The molecule has 0 amide bonds. The van der Waals surface area contributed by atoms with Gasteiger partial charge in [0.25, 0.3) is 0 Å². The van der Waals surface area contributed by atoms with E-state index >= 15 is 0 Å². The number of rotatable bonds is 9. The molecule has 1 saturated carbocycles. The van der Waals surface area contributed by atoms with E-state index in [0.29, 0.717) is 40.0 Å². The SMILES string of the molecule is CCC(=O)c1cccc(Br)c1.O=C(c1cccc(-c2cccc(Cl)c2)c1)c1ccccn1.O=C(c1cccc(Br)c1)C1CC1.O=C(c1cccc(Br)c1)c1cc(Br)cs1. The molecule has 0 radical (unpaired) electrons. The van der Waals surface area contributed by atoms with Crippen LogP contribution < -0.4 is 0 Å². The largest absolute Gasteiger partial charge is 0.294 e. The Bertz CT molecular complexity index is 2560. The Labute approximate surface area is 386 Å². The van der Waals surface area contributed by atoms with Crippen molar-refractivity contribution in [3.05, 3.63) is 213 Å². The van der Waals surface area contributed by atoms with Gasteiger partial charge in [-0.15, -0.1) is 11.3 Å². The van der Waals surface area contributed by atoms with Crippen LogP contribution in [0.25, 0.3) is 11.1 Å². The molecule has 2 aromatic heterocycles. The number of hydrogen-bond acceptors (Lipinski definition) is 6. The lowest BCUT2D eigenvalue weighted by Gasteiger charge is -2.05. The highest BCUT2D eigenvalue weighted by Crippen LogP contribution is 2.33. The molecule has 11 heteroatoms. The third-order valence-corrected chi connectivity index (χ3v) is 12.0. The highest BCUT2D eigenvalue weighted by Gasteiger charge is 2.30. The highest BCUT2D eigenvalue weighted by molar-refractivity contribution is 9.11. The first-order valence-electron chi connectivity index (χ1n) is 18.4. The molecule has 5 aromatic carbocycles. The topological polar surface area (TPSA) is 81.2 Å². The molecule has 1 aliphatic rings. The van der Waals surface area contributed by atoms with Gasteiger partial charge in [-0.05, 0) is 113 Å². The van der Waals surface area contributed by atoms with Crippen LogP contribution in [0.3, 0.4) is 0 Å². The summed E-state index contributed by atoms with van der Waals surface area (Å²) in [6.07, 6.45) is 4.33. The van der Waals surface area contributed by atoms with Crippen molar-refractivity contribution < 1.29 is 19.2 Å². The van der Waals surface area contributed by atoms with Gasteiger partial charge < -0.3 is 0 Å². The predicted molar refractivity (Wildman–Crippen MR) is 254 cm³/mol. The van der Waals surface area contributed by atoms with Crippen molar-refractivity contribution >= 4 is 110 Å². The van der Waals surface area contributed by atoms with E-state index in [4.69, 9.17) is 11.6 Å². The Morgan fingerprint density at radius 2 is 1.14 bits per heavy atom.